The molecule has 0 amide bonds. The molecule has 2 N–H and O–H groups in total. The van der Waals surface area contributed by atoms with Gasteiger partial charge in [-0.25, -0.2) is 0 Å². The van der Waals surface area contributed by atoms with Crippen LogP contribution in [0.4, 0.5) is 6.01 Å². The van der Waals surface area contributed by atoms with E-state index in [2.05, 4.69) is 20.8 Å². The van der Waals surface area contributed by atoms with E-state index in [-0.39, 0.29) is 6.04 Å². The lowest BCUT2D eigenvalue weighted by Crippen LogP contribution is -2.17. The van der Waals surface area contributed by atoms with Crippen LogP contribution in [0.15, 0.2) is 16.5 Å². The second kappa shape index (κ2) is 6.88. The second-order valence-electron chi connectivity index (χ2n) is 4.11. The van der Waals surface area contributed by atoms with Crippen molar-refractivity contribution >= 4 is 29.0 Å². The number of rotatable bonds is 7. The Kier molecular flexibility index (Phi) is 5.18. The van der Waals surface area contributed by atoms with Gasteiger partial charge in [0.05, 0.1) is 10.4 Å². The molecule has 0 saturated heterocycles. The Morgan fingerprint density at radius 3 is 2.95 bits per heavy atom. The highest BCUT2D eigenvalue weighted by Gasteiger charge is 2.12. The summed E-state index contributed by atoms with van der Waals surface area (Å²) in [4.78, 5) is 1.23. The van der Waals surface area contributed by atoms with Gasteiger partial charge in [0.1, 0.15) is 0 Å². The third kappa shape index (κ3) is 4.19. The van der Waals surface area contributed by atoms with Crippen LogP contribution in [0.5, 0.6) is 0 Å². The zero-order valence-corrected chi connectivity index (χ0v) is 12.5. The number of hydrogen-bond acceptors (Lipinski definition) is 6. The van der Waals surface area contributed by atoms with E-state index in [0.29, 0.717) is 11.9 Å². The van der Waals surface area contributed by atoms with Crippen molar-refractivity contribution in [3.05, 3.63) is 27.2 Å². The smallest absolute Gasteiger partial charge is 0.315 e. The van der Waals surface area contributed by atoms with Crippen LogP contribution < -0.4 is 10.6 Å². The third-order valence-electron chi connectivity index (χ3n) is 2.60. The first-order valence-corrected chi connectivity index (χ1v) is 7.43. The molecule has 0 radical (unpaired) electrons. The minimum atomic E-state index is 0.0733. The average molecular weight is 301 g/mol. The highest BCUT2D eigenvalue weighted by molar-refractivity contribution is 7.16. The minimum absolute atomic E-state index is 0.0733. The minimum Gasteiger partial charge on any atom is -0.406 e. The van der Waals surface area contributed by atoms with Crippen molar-refractivity contribution in [3.8, 4) is 0 Å². The van der Waals surface area contributed by atoms with Crippen LogP contribution in [0.1, 0.15) is 30.7 Å². The van der Waals surface area contributed by atoms with E-state index in [0.717, 1.165) is 23.8 Å². The van der Waals surface area contributed by atoms with Crippen molar-refractivity contribution in [2.24, 2.45) is 0 Å². The molecule has 2 rings (SSSR count). The molecule has 0 aliphatic carbocycles. The van der Waals surface area contributed by atoms with Gasteiger partial charge in [-0.05, 0) is 32.0 Å². The Hall–Kier alpha value is -1.11. The first-order chi connectivity index (χ1) is 9.19. The van der Waals surface area contributed by atoms with E-state index in [1.165, 1.54) is 4.88 Å². The predicted octanol–water partition coefficient (Wildman–Crippen LogP) is 3.11. The second-order valence-corrected chi connectivity index (χ2v) is 5.91. The van der Waals surface area contributed by atoms with Gasteiger partial charge in [0.25, 0.3) is 0 Å². The molecule has 0 fully saturated rings. The number of nitrogens with one attached hydrogen (secondary N) is 2. The maximum Gasteiger partial charge on any atom is 0.315 e. The summed E-state index contributed by atoms with van der Waals surface area (Å²) >= 11 is 7.46. The van der Waals surface area contributed by atoms with Crippen LogP contribution in [0.3, 0.4) is 0 Å². The lowest BCUT2D eigenvalue weighted by atomic mass is 10.3. The third-order valence-corrected chi connectivity index (χ3v) is 3.89. The topological polar surface area (TPSA) is 63.0 Å². The summed E-state index contributed by atoms with van der Waals surface area (Å²) in [6.07, 6.45) is 0.887. The molecular weight excluding hydrogens is 284 g/mol. The largest absolute Gasteiger partial charge is 0.406 e. The van der Waals surface area contributed by atoms with Crippen molar-refractivity contribution in [1.82, 2.24) is 15.5 Å². The highest BCUT2D eigenvalue weighted by Crippen LogP contribution is 2.21. The lowest BCUT2D eigenvalue weighted by Gasteiger charge is -2.05. The van der Waals surface area contributed by atoms with Crippen LogP contribution >= 0.6 is 22.9 Å². The fraction of sp³-hybridized carbons (Fsp3) is 0.500. The number of thiophene rings is 1. The SMILES string of the molecule is CCNC(C)c1nnc(NCCc2ccc(Cl)s2)o1. The summed E-state index contributed by atoms with van der Waals surface area (Å²) in [6, 6.07) is 4.47. The molecular formula is C12H17ClN4OS. The van der Waals surface area contributed by atoms with E-state index in [1.807, 2.05) is 26.0 Å². The summed E-state index contributed by atoms with van der Waals surface area (Å²) in [5, 5.41) is 14.3. The van der Waals surface area contributed by atoms with Crippen molar-refractivity contribution in [2.45, 2.75) is 26.3 Å². The molecule has 2 aromatic heterocycles. The quantitative estimate of drug-likeness (QED) is 0.822. The molecule has 2 aromatic rings. The van der Waals surface area contributed by atoms with E-state index in [1.54, 1.807) is 11.3 Å². The van der Waals surface area contributed by atoms with E-state index >= 15 is 0 Å². The molecule has 0 saturated carbocycles. The van der Waals surface area contributed by atoms with Gasteiger partial charge >= 0.3 is 6.01 Å². The Morgan fingerprint density at radius 2 is 2.26 bits per heavy atom. The van der Waals surface area contributed by atoms with Gasteiger partial charge in [-0.2, -0.15) is 0 Å². The summed E-state index contributed by atoms with van der Waals surface area (Å²) in [5.41, 5.74) is 0. The molecule has 5 nitrogen and oxygen atoms in total. The van der Waals surface area contributed by atoms with Crippen molar-refractivity contribution in [2.75, 3.05) is 18.4 Å². The number of nitrogens with zero attached hydrogens (tertiary/aromatic N) is 2. The van der Waals surface area contributed by atoms with E-state index < -0.39 is 0 Å². The van der Waals surface area contributed by atoms with Gasteiger partial charge in [-0.15, -0.1) is 16.4 Å². The monoisotopic (exact) mass is 300 g/mol. The fourth-order valence-electron chi connectivity index (χ4n) is 1.65. The molecule has 1 atom stereocenters. The summed E-state index contributed by atoms with van der Waals surface area (Å²) in [6.45, 7) is 5.64. The zero-order chi connectivity index (χ0) is 13.7. The summed E-state index contributed by atoms with van der Waals surface area (Å²) < 4.78 is 6.34. The highest BCUT2D eigenvalue weighted by atomic mass is 35.5. The molecule has 104 valence electrons. The molecule has 0 bridgehead atoms. The lowest BCUT2D eigenvalue weighted by molar-refractivity contribution is 0.429. The van der Waals surface area contributed by atoms with Gasteiger partial charge in [-0.3, -0.25) is 0 Å². The van der Waals surface area contributed by atoms with Crippen LogP contribution in [-0.4, -0.2) is 23.3 Å². The Morgan fingerprint density at radius 1 is 1.42 bits per heavy atom. The van der Waals surface area contributed by atoms with Crippen molar-refractivity contribution in [3.63, 3.8) is 0 Å². The Bertz CT molecular complexity index is 513. The molecule has 0 aromatic carbocycles. The van der Waals surface area contributed by atoms with Gasteiger partial charge < -0.3 is 15.1 Å². The van der Waals surface area contributed by atoms with Crippen LogP contribution in [0.25, 0.3) is 0 Å². The number of halogens is 1. The standard InChI is InChI=1S/C12H17ClN4OS/c1-3-14-8(2)11-16-17-12(18-11)15-7-6-9-4-5-10(13)19-9/h4-5,8,14H,3,6-7H2,1-2H3,(H,15,17). The number of anilines is 1. The molecule has 0 aliphatic rings. The molecule has 2 heterocycles. The first-order valence-electron chi connectivity index (χ1n) is 6.24. The average Bonchev–Trinajstić information content (AvgIpc) is 2.99. The number of hydrogen-bond donors (Lipinski definition) is 2. The molecule has 7 heteroatoms. The van der Waals surface area contributed by atoms with Crippen LogP contribution in [-0.2, 0) is 6.42 Å². The van der Waals surface area contributed by atoms with Crippen molar-refractivity contribution in [1.29, 1.82) is 0 Å². The normalized spacial score (nSPS) is 12.6. The van der Waals surface area contributed by atoms with Gasteiger partial charge in [0, 0.05) is 11.4 Å². The maximum atomic E-state index is 5.87. The molecule has 0 aliphatic heterocycles. The maximum absolute atomic E-state index is 5.87. The van der Waals surface area contributed by atoms with Crippen LogP contribution in [0.2, 0.25) is 4.34 Å². The first kappa shape index (κ1) is 14.3. The van der Waals surface area contributed by atoms with Gasteiger partial charge in [0.2, 0.25) is 5.89 Å². The summed E-state index contributed by atoms with van der Waals surface area (Å²) in [7, 11) is 0. The Balaban J connectivity index is 1.80. The van der Waals surface area contributed by atoms with Gasteiger partial charge in [-0.1, -0.05) is 23.6 Å². The number of aromatic nitrogens is 2. The van der Waals surface area contributed by atoms with Crippen molar-refractivity contribution < 1.29 is 4.42 Å². The van der Waals surface area contributed by atoms with E-state index in [4.69, 9.17) is 16.0 Å². The van der Waals surface area contributed by atoms with Gasteiger partial charge in [0.15, 0.2) is 0 Å². The molecule has 0 spiro atoms. The molecule has 19 heavy (non-hydrogen) atoms. The van der Waals surface area contributed by atoms with E-state index in [9.17, 15) is 0 Å². The zero-order valence-electron chi connectivity index (χ0n) is 10.9. The fourth-order valence-corrected chi connectivity index (χ4v) is 2.74. The van der Waals surface area contributed by atoms with Crippen LogP contribution in [0, 0.1) is 0 Å². The Labute approximate surface area is 121 Å². The predicted molar refractivity (Wildman–Crippen MR) is 77.9 cm³/mol. The summed E-state index contributed by atoms with van der Waals surface area (Å²) in [5.74, 6) is 0.600. The molecule has 1 unspecified atom stereocenters.